The zero-order valence-corrected chi connectivity index (χ0v) is 9.37. The number of rotatable bonds is 5. The van der Waals surface area contributed by atoms with E-state index in [1.807, 2.05) is 6.92 Å². The molecule has 0 saturated carbocycles. The predicted molar refractivity (Wildman–Crippen MR) is 60.5 cm³/mol. The molecule has 0 amide bonds. The summed E-state index contributed by atoms with van der Waals surface area (Å²) in [4.78, 5) is 16.1. The molecule has 8 heteroatoms. The van der Waals surface area contributed by atoms with E-state index in [-0.39, 0.29) is 12.0 Å². The van der Waals surface area contributed by atoms with E-state index in [4.69, 9.17) is 10.6 Å². The highest BCUT2D eigenvalue weighted by Crippen LogP contribution is 2.10. The van der Waals surface area contributed by atoms with Crippen LogP contribution in [-0.2, 0) is 0 Å². The molecule has 0 unspecified atom stereocenters. The maximum Gasteiger partial charge on any atom is 0.323 e. The van der Waals surface area contributed by atoms with E-state index in [9.17, 15) is 0 Å². The number of ether oxygens (including phenoxy) is 1. The molecule has 2 aromatic heterocycles. The van der Waals surface area contributed by atoms with Crippen molar-refractivity contribution in [3.05, 3.63) is 18.7 Å². The van der Waals surface area contributed by atoms with E-state index >= 15 is 0 Å². The zero-order valence-electron chi connectivity index (χ0n) is 9.37. The second-order valence-electron chi connectivity index (χ2n) is 3.20. The molecule has 2 aromatic rings. The van der Waals surface area contributed by atoms with E-state index in [1.54, 1.807) is 23.3 Å². The van der Waals surface area contributed by atoms with Crippen LogP contribution in [0.3, 0.4) is 0 Å². The molecule has 0 bridgehead atoms. The number of hydrogen-bond acceptors (Lipinski definition) is 7. The SMILES string of the molecule is CCCOc1nc(NN)nc(-n2ccnc2)n1. The lowest BCUT2D eigenvalue weighted by atomic mass is 10.5. The van der Waals surface area contributed by atoms with Gasteiger partial charge in [0.2, 0.25) is 11.9 Å². The lowest BCUT2D eigenvalue weighted by Gasteiger charge is -2.07. The lowest BCUT2D eigenvalue weighted by Crippen LogP contribution is -2.14. The molecule has 3 N–H and O–H groups in total. The molecular formula is C9H13N7O. The lowest BCUT2D eigenvalue weighted by molar-refractivity contribution is 0.291. The molecule has 0 aromatic carbocycles. The maximum atomic E-state index is 5.34. The number of hydrogen-bond donors (Lipinski definition) is 2. The van der Waals surface area contributed by atoms with Crippen LogP contribution in [0.5, 0.6) is 6.01 Å². The van der Waals surface area contributed by atoms with Crippen molar-refractivity contribution in [3.63, 3.8) is 0 Å². The van der Waals surface area contributed by atoms with Gasteiger partial charge >= 0.3 is 6.01 Å². The van der Waals surface area contributed by atoms with Gasteiger partial charge in [0, 0.05) is 12.4 Å². The van der Waals surface area contributed by atoms with Crippen molar-refractivity contribution in [2.75, 3.05) is 12.0 Å². The van der Waals surface area contributed by atoms with E-state index in [0.717, 1.165) is 6.42 Å². The Kier molecular flexibility index (Phi) is 3.46. The quantitative estimate of drug-likeness (QED) is 0.560. The summed E-state index contributed by atoms with van der Waals surface area (Å²) in [6.45, 7) is 2.54. The monoisotopic (exact) mass is 235 g/mol. The van der Waals surface area contributed by atoms with Crippen molar-refractivity contribution in [3.8, 4) is 12.0 Å². The molecule has 0 atom stereocenters. The molecule has 0 saturated heterocycles. The van der Waals surface area contributed by atoms with Crippen molar-refractivity contribution in [1.82, 2.24) is 24.5 Å². The van der Waals surface area contributed by atoms with E-state index in [0.29, 0.717) is 12.6 Å². The van der Waals surface area contributed by atoms with Gasteiger partial charge in [-0.05, 0) is 6.42 Å². The fourth-order valence-corrected chi connectivity index (χ4v) is 1.16. The topological polar surface area (TPSA) is 104 Å². The number of aromatic nitrogens is 5. The third-order valence-corrected chi connectivity index (χ3v) is 1.90. The van der Waals surface area contributed by atoms with E-state index < -0.39 is 0 Å². The Morgan fingerprint density at radius 2 is 2.29 bits per heavy atom. The fourth-order valence-electron chi connectivity index (χ4n) is 1.16. The molecule has 0 aliphatic carbocycles. The summed E-state index contributed by atoms with van der Waals surface area (Å²) in [5, 5.41) is 0. The Labute approximate surface area is 97.9 Å². The largest absolute Gasteiger partial charge is 0.463 e. The van der Waals surface area contributed by atoms with Gasteiger partial charge in [-0.3, -0.25) is 9.99 Å². The number of nitrogen functional groups attached to an aromatic ring is 1. The first-order chi connectivity index (χ1) is 8.33. The molecule has 2 rings (SSSR count). The summed E-state index contributed by atoms with van der Waals surface area (Å²) < 4.78 is 6.99. The minimum absolute atomic E-state index is 0.235. The average Bonchev–Trinajstić information content (AvgIpc) is 2.89. The fraction of sp³-hybridized carbons (Fsp3) is 0.333. The van der Waals surface area contributed by atoms with Gasteiger partial charge in [0.1, 0.15) is 6.33 Å². The Balaban J connectivity index is 2.32. The highest BCUT2D eigenvalue weighted by atomic mass is 16.5. The first kappa shape index (κ1) is 11.3. The van der Waals surface area contributed by atoms with Gasteiger partial charge in [-0.1, -0.05) is 6.92 Å². The van der Waals surface area contributed by atoms with Crippen molar-refractivity contribution < 1.29 is 4.74 Å². The highest BCUT2D eigenvalue weighted by molar-refractivity contribution is 5.28. The van der Waals surface area contributed by atoms with Gasteiger partial charge in [-0.15, -0.1) is 0 Å². The Morgan fingerprint density at radius 3 is 2.94 bits per heavy atom. The number of nitrogens with zero attached hydrogens (tertiary/aromatic N) is 5. The molecule has 0 radical (unpaired) electrons. The molecule has 8 nitrogen and oxygen atoms in total. The summed E-state index contributed by atoms with van der Waals surface area (Å²) in [5.41, 5.74) is 2.37. The molecule has 17 heavy (non-hydrogen) atoms. The Morgan fingerprint density at radius 1 is 1.41 bits per heavy atom. The van der Waals surface area contributed by atoms with Gasteiger partial charge in [-0.25, -0.2) is 10.8 Å². The van der Waals surface area contributed by atoms with E-state index in [1.165, 1.54) is 0 Å². The maximum absolute atomic E-state index is 5.34. The van der Waals surface area contributed by atoms with Crippen molar-refractivity contribution in [1.29, 1.82) is 0 Å². The van der Waals surface area contributed by atoms with Crippen LogP contribution in [0.1, 0.15) is 13.3 Å². The number of nitrogens with two attached hydrogens (primary N) is 1. The number of anilines is 1. The van der Waals surface area contributed by atoms with Gasteiger partial charge in [0.25, 0.3) is 0 Å². The summed E-state index contributed by atoms with van der Waals surface area (Å²) >= 11 is 0. The van der Waals surface area contributed by atoms with E-state index in [2.05, 4.69) is 25.4 Å². The van der Waals surface area contributed by atoms with Gasteiger partial charge < -0.3 is 4.74 Å². The van der Waals surface area contributed by atoms with Crippen molar-refractivity contribution >= 4 is 5.95 Å². The number of hydrazine groups is 1. The van der Waals surface area contributed by atoms with Crippen LogP contribution in [-0.4, -0.2) is 31.1 Å². The number of nitrogens with one attached hydrogen (secondary N) is 1. The van der Waals surface area contributed by atoms with Gasteiger partial charge in [0.05, 0.1) is 6.61 Å². The summed E-state index contributed by atoms with van der Waals surface area (Å²) in [5.74, 6) is 5.93. The standard InChI is InChI=1S/C9H13N7O/c1-2-5-17-9-13-7(15-10)12-8(14-9)16-4-3-11-6-16/h3-4,6H,2,5,10H2,1H3,(H,12,13,14,15). The van der Waals surface area contributed by atoms with Gasteiger partial charge in [-0.2, -0.15) is 15.0 Å². The minimum Gasteiger partial charge on any atom is -0.463 e. The summed E-state index contributed by atoms with van der Waals surface area (Å²) in [7, 11) is 0. The molecule has 90 valence electrons. The normalized spacial score (nSPS) is 10.2. The van der Waals surface area contributed by atoms with Crippen LogP contribution in [0.2, 0.25) is 0 Å². The second-order valence-corrected chi connectivity index (χ2v) is 3.20. The van der Waals surface area contributed by atoms with Crippen LogP contribution in [0.15, 0.2) is 18.7 Å². The molecule has 0 fully saturated rings. The minimum atomic E-state index is 0.235. The van der Waals surface area contributed by atoms with Crippen molar-refractivity contribution in [2.24, 2.45) is 5.84 Å². The third kappa shape index (κ3) is 2.67. The van der Waals surface area contributed by atoms with Crippen LogP contribution >= 0.6 is 0 Å². The van der Waals surface area contributed by atoms with Crippen molar-refractivity contribution in [2.45, 2.75) is 13.3 Å². The average molecular weight is 235 g/mol. The zero-order chi connectivity index (χ0) is 12.1. The first-order valence-electron chi connectivity index (χ1n) is 5.17. The smallest absolute Gasteiger partial charge is 0.323 e. The molecule has 0 aliphatic rings. The predicted octanol–water partition coefficient (Wildman–Crippen LogP) is 0.132. The molecule has 0 aliphatic heterocycles. The highest BCUT2D eigenvalue weighted by Gasteiger charge is 2.07. The summed E-state index contributed by atoms with van der Waals surface area (Å²) in [6.07, 6.45) is 5.81. The number of imidazole rings is 1. The molecule has 2 heterocycles. The molecular weight excluding hydrogens is 222 g/mol. The van der Waals surface area contributed by atoms with Crippen LogP contribution < -0.4 is 16.0 Å². The molecule has 0 spiro atoms. The van der Waals surface area contributed by atoms with Crippen LogP contribution in [0.25, 0.3) is 5.95 Å². The second kappa shape index (κ2) is 5.21. The Bertz CT molecular complexity index is 470. The summed E-state index contributed by atoms with van der Waals surface area (Å²) in [6, 6.07) is 0.235. The Hall–Kier alpha value is -2.22. The van der Waals surface area contributed by atoms with Crippen LogP contribution in [0, 0.1) is 0 Å². The van der Waals surface area contributed by atoms with Gasteiger partial charge in [0.15, 0.2) is 0 Å². The third-order valence-electron chi connectivity index (χ3n) is 1.90. The first-order valence-corrected chi connectivity index (χ1v) is 5.17. The van der Waals surface area contributed by atoms with Crippen LogP contribution in [0.4, 0.5) is 5.95 Å².